The van der Waals surface area contributed by atoms with E-state index >= 15 is 0 Å². The number of pyridine rings is 1. The van der Waals surface area contributed by atoms with Gasteiger partial charge in [0.2, 0.25) is 5.91 Å². The van der Waals surface area contributed by atoms with Crippen molar-refractivity contribution in [2.75, 3.05) is 13.1 Å². The van der Waals surface area contributed by atoms with Gasteiger partial charge in [0.25, 0.3) is 11.5 Å². The van der Waals surface area contributed by atoms with Gasteiger partial charge in [0.1, 0.15) is 6.54 Å². The molecule has 0 unspecified atom stereocenters. The van der Waals surface area contributed by atoms with Gasteiger partial charge in [-0.25, -0.2) is 4.68 Å². The molecule has 1 saturated carbocycles. The number of amides is 2. The summed E-state index contributed by atoms with van der Waals surface area (Å²) >= 11 is 0. The fourth-order valence-electron chi connectivity index (χ4n) is 4.44. The minimum Gasteiger partial charge on any atom is -0.349 e. The molecule has 0 atom stereocenters. The number of nitrogens with one attached hydrogen (secondary N) is 1. The molecule has 0 bridgehead atoms. The number of carbonyl (C=O) groups is 2. The fourth-order valence-corrected chi connectivity index (χ4v) is 4.44. The van der Waals surface area contributed by atoms with Gasteiger partial charge in [0.15, 0.2) is 0 Å². The Morgan fingerprint density at radius 2 is 1.81 bits per heavy atom. The van der Waals surface area contributed by atoms with E-state index in [1.165, 1.54) is 23.6 Å². The van der Waals surface area contributed by atoms with Crippen molar-refractivity contribution < 1.29 is 9.59 Å². The summed E-state index contributed by atoms with van der Waals surface area (Å²) < 4.78 is 1.22. The van der Waals surface area contributed by atoms with Crippen LogP contribution < -0.4 is 10.9 Å². The van der Waals surface area contributed by atoms with Crippen LogP contribution in [0.15, 0.2) is 35.3 Å². The summed E-state index contributed by atoms with van der Waals surface area (Å²) in [4.78, 5) is 43.2. The molecule has 2 amide bonds. The molecule has 1 aliphatic heterocycles. The first-order valence-electron chi connectivity index (χ1n) is 11.1. The van der Waals surface area contributed by atoms with Gasteiger partial charge in [0.05, 0.1) is 11.3 Å². The van der Waals surface area contributed by atoms with Gasteiger partial charge < -0.3 is 10.2 Å². The minimum atomic E-state index is -0.268. The number of hydrogen-bond acceptors (Lipinski definition) is 5. The Balaban J connectivity index is 1.30. The molecule has 8 nitrogen and oxygen atoms in total. The Morgan fingerprint density at radius 1 is 1.06 bits per heavy atom. The van der Waals surface area contributed by atoms with Crippen LogP contribution in [0.5, 0.6) is 0 Å². The highest BCUT2D eigenvalue weighted by molar-refractivity contribution is 5.94. The van der Waals surface area contributed by atoms with Crippen LogP contribution in [0.4, 0.5) is 0 Å². The number of carbonyl (C=O) groups excluding carboxylic acids is 2. The Kier molecular flexibility index (Phi) is 6.44. The summed E-state index contributed by atoms with van der Waals surface area (Å²) in [7, 11) is 0. The lowest BCUT2D eigenvalue weighted by Gasteiger charge is -2.31. The smallest absolute Gasteiger partial charge is 0.267 e. The van der Waals surface area contributed by atoms with Crippen molar-refractivity contribution in [3.8, 4) is 0 Å². The molecule has 1 N–H and O–H groups in total. The van der Waals surface area contributed by atoms with Gasteiger partial charge >= 0.3 is 0 Å². The quantitative estimate of drug-likeness (QED) is 0.794. The maximum atomic E-state index is 12.6. The number of aromatic nitrogens is 3. The SMILES string of the molecule is Cc1ccc(=O)n(CC(=O)N2CCC(c3ccc(C(=O)NC4CCCC4)cn3)CC2)n1. The lowest BCUT2D eigenvalue weighted by Crippen LogP contribution is -2.41. The van der Waals surface area contributed by atoms with Crippen molar-refractivity contribution in [2.45, 2.75) is 64.0 Å². The van der Waals surface area contributed by atoms with Crippen molar-refractivity contribution in [2.24, 2.45) is 0 Å². The molecule has 1 aliphatic carbocycles. The van der Waals surface area contributed by atoms with Crippen LogP contribution in [0, 0.1) is 6.92 Å². The van der Waals surface area contributed by atoms with Crippen LogP contribution in [0.3, 0.4) is 0 Å². The molecule has 0 aromatic carbocycles. The van der Waals surface area contributed by atoms with Crippen LogP contribution in [0.2, 0.25) is 0 Å². The Hall–Kier alpha value is -3.03. The van der Waals surface area contributed by atoms with E-state index in [2.05, 4.69) is 15.4 Å². The number of aryl methyl sites for hydroxylation is 1. The first-order chi connectivity index (χ1) is 15.0. The van der Waals surface area contributed by atoms with Crippen LogP contribution in [0.25, 0.3) is 0 Å². The van der Waals surface area contributed by atoms with Gasteiger partial charge in [0, 0.05) is 43.0 Å². The molecule has 3 heterocycles. The third kappa shape index (κ3) is 5.18. The van der Waals surface area contributed by atoms with Crippen molar-refractivity contribution in [3.63, 3.8) is 0 Å². The number of rotatable bonds is 5. The van der Waals surface area contributed by atoms with Crippen LogP contribution in [0.1, 0.15) is 66.2 Å². The first kappa shape index (κ1) is 21.2. The number of likely N-dealkylation sites (tertiary alicyclic amines) is 1. The van der Waals surface area contributed by atoms with Crippen LogP contribution in [-0.4, -0.2) is 50.6 Å². The van der Waals surface area contributed by atoms with Crippen LogP contribution >= 0.6 is 0 Å². The number of piperidine rings is 1. The third-order valence-corrected chi connectivity index (χ3v) is 6.29. The highest BCUT2D eigenvalue weighted by Crippen LogP contribution is 2.27. The summed E-state index contributed by atoms with van der Waals surface area (Å²) in [5, 5.41) is 7.23. The molecule has 1 saturated heterocycles. The van der Waals surface area contributed by atoms with E-state index < -0.39 is 0 Å². The van der Waals surface area contributed by atoms with Crippen LogP contribution in [-0.2, 0) is 11.3 Å². The zero-order chi connectivity index (χ0) is 21.8. The Bertz CT molecular complexity index is 987. The minimum absolute atomic E-state index is 0.0335. The second kappa shape index (κ2) is 9.41. The summed E-state index contributed by atoms with van der Waals surface area (Å²) in [6, 6.07) is 7.15. The van der Waals surface area contributed by atoms with Crippen molar-refractivity contribution >= 4 is 11.8 Å². The molecular formula is C23H29N5O3. The molecule has 4 rings (SSSR count). The van der Waals surface area contributed by atoms with E-state index in [0.717, 1.165) is 31.4 Å². The van der Waals surface area contributed by atoms with E-state index in [0.29, 0.717) is 30.4 Å². The lowest BCUT2D eigenvalue weighted by atomic mass is 9.92. The summed E-state index contributed by atoms with van der Waals surface area (Å²) in [6.45, 7) is 3.00. The average molecular weight is 424 g/mol. The van der Waals surface area contributed by atoms with Gasteiger partial charge in [-0.15, -0.1) is 0 Å². The van der Waals surface area contributed by atoms with E-state index in [1.54, 1.807) is 24.1 Å². The lowest BCUT2D eigenvalue weighted by molar-refractivity contribution is -0.133. The van der Waals surface area contributed by atoms with E-state index in [-0.39, 0.29) is 29.8 Å². The van der Waals surface area contributed by atoms with Crippen molar-refractivity contribution in [1.29, 1.82) is 0 Å². The van der Waals surface area contributed by atoms with Gasteiger partial charge in [-0.1, -0.05) is 12.8 Å². The molecule has 31 heavy (non-hydrogen) atoms. The number of nitrogens with zero attached hydrogens (tertiary/aromatic N) is 4. The molecule has 2 aromatic heterocycles. The maximum Gasteiger partial charge on any atom is 0.267 e. The predicted octanol–water partition coefficient (Wildman–Crippen LogP) is 2.03. The zero-order valence-electron chi connectivity index (χ0n) is 17.9. The molecule has 164 valence electrons. The van der Waals surface area contributed by atoms with Gasteiger partial charge in [-0.05, 0) is 50.8 Å². The molecule has 2 aromatic rings. The second-order valence-corrected chi connectivity index (χ2v) is 8.55. The molecule has 0 spiro atoms. The van der Waals surface area contributed by atoms with Gasteiger partial charge in [-0.2, -0.15) is 5.10 Å². The first-order valence-corrected chi connectivity index (χ1v) is 11.1. The Labute approximate surface area is 181 Å². The summed E-state index contributed by atoms with van der Waals surface area (Å²) in [5.74, 6) is 0.118. The fraction of sp³-hybridized carbons (Fsp3) is 0.522. The molecule has 8 heteroatoms. The predicted molar refractivity (Wildman–Crippen MR) is 116 cm³/mol. The Morgan fingerprint density at radius 3 is 2.48 bits per heavy atom. The molecule has 0 radical (unpaired) electrons. The zero-order valence-corrected chi connectivity index (χ0v) is 17.9. The maximum absolute atomic E-state index is 12.6. The standard InChI is InChI=1S/C23H29N5O3/c1-16-6-9-21(29)28(26-16)15-22(30)27-12-10-17(11-13-27)20-8-7-18(14-24-20)23(31)25-19-4-2-3-5-19/h6-9,14,17,19H,2-5,10-13,15H2,1H3,(H,25,31). The average Bonchev–Trinajstić information content (AvgIpc) is 3.29. The topological polar surface area (TPSA) is 97.2 Å². The van der Waals surface area contributed by atoms with E-state index in [1.807, 2.05) is 12.1 Å². The van der Waals surface area contributed by atoms with Gasteiger partial charge in [-0.3, -0.25) is 19.4 Å². The second-order valence-electron chi connectivity index (χ2n) is 8.55. The molecular weight excluding hydrogens is 394 g/mol. The van der Waals surface area contributed by atoms with Crippen molar-refractivity contribution in [1.82, 2.24) is 25.0 Å². The normalized spacial score (nSPS) is 17.6. The van der Waals surface area contributed by atoms with E-state index in [9.17, 15) is 14.4 Å². The summed E-state index contributed by atoms with van der Waals surface area (Å²) in [5.41, 5.74) is 1.99. The highest BCUT2D eigenvalue weighted by atomic mass is 16.2. The highest BCUT2D eigenvalue weighted by Gasteiger charge is 2.25. The summed E-state index contributed by atoms with van der Waals surface area (Å²) in [6.07, 6.45) is 7.76. The monoisotopic (exact) mass is 423 g/mol. The largest absolute Gasteiger partial charge is 0.349 e. The number of hydrogen-bond donors (Lipinski definition) is 1. The van der Waals surface area contributed by atoms with Crippen molar-refractivity contribution in [3.05, 3.63) is 57.8 Å². The molecule has 2 aliphatic rings. The van der Waals surface area contributed by atoms with E-state index in [4.69, 9.17) is 0 Å². The third-order valence-electron chi connectivity index (χ3n) is 6.29. The molecule has 2 fully saturated rings.